The number of anilines is 1. The lowest BCUT2D eigenvalue weighted by Crippen LogP contribution is -2.30. The molecule has 0 aliphatic heterocycles. The largest absolute Gasteiger partial charge is 0.387 e. The lowest BCUT2D eigenvalue weighted by Gasteiger charge is -2.25. The maximum absolute atomic E-state index is 11.5. The van der Waals surface area contributed by atoms with Crippen LogP contribution in [0.5, 0.6) is 0 Å². The molecule has 0 heterocycles. The summed E-state index contributed by atoms with van der Waals surface area (Å²) in [5.41, 5.74) is 1.07. The van der Waals surface area contributed by atoms with Crippen molar-refractivity contribution in [1.82, 2.24) is 4.90 Å². The van der Waals surface area contributed by atoms with Gasteiger partial charge in [-0.2, -0.15) is 0 Å². The van der Waals surface area contributed by atoms with Crippen LogP contribution in [0, 0.1) is 0 Å². The van der Waals surface area contributed by atoms with Gasteiger partial charge in [0.25, 0.3) is 0 Å². The van der Waals surface area contributed by atoms with E-state index in [2.05, 4.69) is 23.5 Å². The number of nitrogens with one attached hydrogen (secondary N) is 1. The quantitative estimate of drug-likeness (QED) is 0.563. The number of benzene rings is 1. The summed E-state index contributed by atoms with van der Waals surface area (Å²) in [5, 5.41) is 10.6. The van der Waals surface area contributed by atoms with E-state index in [1.807, 2.05) is 6.07 Å². The minimum absolute atomic E-state index is 0.450. The standard InChI is InChI=1S/C18H32N2O3S/c1-4-6-7-8-11-14-20(5-2)15-18(21)16-12-9-10-13-17(16)19-24(3,22)23/h9-10,12-13,18-19,21H,4-8,11,14-15H2,1-3H3. The van der Waals surface area contributed by atoms with Crippen LogP contribution >= 0.6 is 0 Å². The first-order valence-electron chi connectivity index (χ1n) is 8.84. The van der Waals surface area contributed by atoms with E-state index in [4.69, 9.17) is 0 Å². The molecule has 1 rings (SSSR count). The number of aliphatic hydroxyl groups excluding tert-OH is 1. The Morgan fingerprint density at radius 3 is 2.42 bits per heavy atom. The molecule has 0 amide bonds. The second-order valence-corrected chi connectivity index (χ2v) is 8.03. The first-order chi connectivity index (χ1) is 11.4. The third kappa shape index (κ3) is 8.13. The van der Waals surface area contributed by atoms with Crippen LogP contribution in [0.15, 0.2) is 24.3 Å². The van der Waals surface area contributed by atoms with Crippen LogP contribution in [-0.2, 0) is 10.0 Å². The highest BCUT2D eigenvalue weighted by Crippen LogP contribution is 2.24. The zero-order chi connectivity index (χ0) is 18.0. The summed E-state index contributed by atoms with van der Waals surface area (Å²) in [5.74, 6) is 0. The van der Waals surface area contributed by atoms with Crippen molar-refractivity contribution in [2.45, 2.75) is 52.1 Å². The van der Waals surface area contributed by atoms with Crippen LogP contribution < -0.4 is 4.72 Å². The topological polar surface area (TPSA) is 69.6 Å². The van der Waals surface area contributed by atoms with Crippen molar-refractivity contribution in [3.8, 4) is 0 Å². The molecule has 0 fully saturated rings. The van der Waals surface area contributed by atoms with Gasteiger partial charge < -0.3 is 10.0 Å². The van der Waals surface area contributed by atoms with Crippen molar-refractivity contribution in [3.05, 3.63) is 29.8 Å². The fraction of sp³-hybridized carbons (Fsp3) is 0.667. The summed E-state index contributed by atoms with van der Waals surface area (Å²) >= 11 is 0. The highest BCUT2D eigenvalue weighted by molar-refractivity contribution is 7.92. The van der Waals surface area contributed by atoms with E-state index in [0.717, 1.165) is 25.8 Å². The van der Waals surface area contributed by atoms with Gasteiger partial charge in [0.05, 0.1) is 18.0 Å². The molecule has 1 atom stereocenters. The zero-order valence-electron chi connectivity index (χ0n) is 15.2. The molecule has 0 saturated carbocycles. The Kier molecular flexibility index (Phi) is 9.33. The van der Waals surface area contributed by atoms with Gasteiger partial charge in [-0.1, -0.05) is 57.7 Å². The smallest absolute Gasteiger partial charge is 0.229 e. The predicted octanol–water partition coefficient (Wildman–Crippen LogP) is 3.38. The van der Waals surface area contributed by atoms with E-state index in [9.17, 15) is 13.5 Å². The number of sulfonamides is 1. The number of likely N-dealkylation sites (N-methyl/N-ethyl adjacent to an activating group) is 1. The Balaban J connectivity index is 2.63. The Bertz CT molecular complexity index is 575. The molecule has 6 heteroatoms. The average Bonchev–Trinajstić information content (AvgIpc) is 2.52. The number of aliphatic hydroxyl groups is 1. The zero-order valence-corrected chi connectivity index (χ0v) is 16.0. The van der Waals surface area contributed by atoms with Gasteiger partial charge in [0, 0.05) is 12.1 Å². The van der Waals surface area contributed by atoms with E-state index >= 15 is 0 Å². The summed E-state index contributed by atoms with van der Waals surface area (Å²) in [6.45, 7) is 6.62. The number of unbranched alkanes of at least 4 members (excludes halogenated alkanes) is 4. The van der Waals surface area contributed by atoms with Gasteiger partial charge in [0.15, 0.2) is 0 Å². The highest BCUT2D eigenvalue weighted by atomic mass is 32.2. The fourth-order valence-electron chi connectivity index (χ4n) is 2.74. The van der Waals surface area contributed by atoms with Gasteiger partial charge in [-0.05, 0) is 25.6 Å². The lowest BCUT2D eigenvalue weighted by atomic mass is 10.1. The highest BCUT2D eigenvalue weighted by Gasteiger charge is 2.17. The van der Waals surface area contributed by atoms with Crippen molar-refractivity contribution in [2.75, 3.05) is 30.6 Å². The molecule has 138 valence electrons. The third-order valence-electron chi connectivity index (χ3n) is 4.07. The minimum Gasteiger partial charge on any atom is -0.387 e. The number of para-hydroxylation sites is 1. The van der Waals surface area contributed by atoms with Crippen molar-refractivity contribution in [1.29, 1.82) is 0 Å². The molecule has 0 radical (unpaired) electrons. The van der Waals surface area contributed by atoms with Crippen LogP contribution in [0.1, 0.15) is 57.6 Å². The van der Waals surface area contributed by atoms with E-state index < -0.39 is 16.1 Å². The Morgan fingerprint density at radius 2 is 1.79 bits per heavy atom. The van der Waals surface area contributed by atoms with Crippen LogP contribution in [0.2, 0.25) is 0 Å². The van der Waals surface area contributed by atoms with Crippen molar-refractivity contribution < 1.29 is 13.5 Å². The molecule has 2 N–H and O–H groups in total. The summed E-state index contributed by atoms with van der Waals surface area (Å²) in [6, 6.07) is 7.02. The van der Waals surface area contributed by atoms with Gasteiger partial charge in [0.1, 0.15) is 0 Å². The third-order valence-corrected chi connectivity index (χ3v) is 4.66. The molecule has 24 heavy (non-hydrogen) atoms. The molecule has 0 spiro atoms. The summed E-state index contributed by atoms with van der Waals surface area (Å²) in [6.07, 6.45) is 6.52. The minimum atomic E-state index is -3.37. The molecule has 1 aromatic rings. The van der Waals surface area contributed by atoms with Gasteiger partial charge >= 0.3 is 0 Å². The SMILES string of the molecule is CCCCCCCN(CC)CC(O)c1ccccc1NS(C)(=O)=O. The number of hydrogen-bond donors (Lipinski definition) is 2. The Hall–Kier alpha value is -1.11. The fourth-order valence-corrected chi connectivity index (χ4v) is 3.33. The van der Waals surface area contributed by atoms with E-state index in [0.29, 0.717) is 17.8 Å². The van der Waals surface area contributed by atoms with E-state index in [1.165, 1.54) is 25.7 Å². The van der Waals surface area contributed by atoms with Gasteiger partial charge in [-0.3, -0.25) is 4.72 Å². The first kappa shape index (κ1) is 20.9. The monoisotopic (exact) mass is 356 g/mol. The molecule has 0 aliphatic carbocycles. The van der Waals surface area contributed by atoms with E-state index in [1.54, 1.807) is 18.2 Å². The second kappa shape index (κ2) is 10.7. The van der Waals surface area contributed by atoms with Gasteiger partial charge in [-0.25, -0.2) is 8.42 Å². The average molecular weight is 357 g/mol. The number of nitrogens with zero attached hydrogens (tertiary/aromatic N) is 1. The van der Waals surface area contributed by atoms with Crippen molar-refractivity contribution in [2.24, 2.45) is 0 Å². The molecular formula is C18H32N2O3S. The summed E-state index contributed by atoms with van der Waals surface area (Å²) < 4.78 is 25.4. The number of rotatable bonds is 12. The molecule has 5 nitrogen and oxygen atoms in total. The van der Waals surface area contributed by atoms with Gasteiger partial charge in [-0.15, -0.1) is 0 Å². The molecule has 0 aliphatic rings. The predicted molar refractivity (Wildman–Crippen MR) is 101 cm³/mol. The van der Waals surface area contributed by atoms with Crippen LogP contribution in [0.25, 0.3) is 0 Å². The maximum Gasteiger partial charge on any atom is 0.229 e. The van der Waals surface area contributed by atoms with Gasteiger partial charge in [0.2, 0.25) is 10.0 Å². The Morgan fingerprint density at radius 1 is 1.12 bits per heavy atom. The molecule has 1 aromatic carbocycles. The maximum atomic E-state index is 11.5. The van der Waals surface area contributed by atoms with Crippen LogP contribution in [0.3, 0.4) is 0 Å². The molecule has 0 aromatic heterocycles. The lowest BCUT2D eigenvalue weighted by molar-refractivity contribution is 0.115. The van der Waals surface area contributed by atoms with Crippen molar-refractivity contribution >= 4 is 15.7 Å². The first-order valence-corrected chi connectivity index (χ1v) is 10.7. The van der Waals surface area contributed by atoms with E-state index in [-0.39, 0.29) is 0 Å². The van der Waals surface area contributed by atoms with Crippen molar-refractivity contribution in [3.63, 3.8) is 0 Å². The van der Waals surface area contributed by atoms with Crippen LogP contribution in [-0.4, -0.2) is 44.3 Å². The number of hydrogen-bond acceptors (Lipinski definition) is 4. The second-order valence-electron chi connectivity index (χ2n) is 6.28. The molecule has 0 bridgehead atoms. The molecule has 0 saturated heterocycles. The Labute approximate surface area is 147 Å². The molecule has 1 unspecified atom stereocenters. The van der Waals surface area contributed by atoms with Crippen LogP contribution in [0.4, 0.5) is 5.69 Å². The normalized spacial score (nSPS) is 13.2. The molecular weight excluding hydrogens is 324 g/mol. The summed E-state index contributed by atoms with van der Waals surface area (Å²) in [7, 11) is -3.37. The summed E-state index contributed by atoms with van der Waals surface area (Å²) in [4.78, 5) is 2.22.